The molecule has 0 aromatic carbocycles. The third kappa shape index (κ3) is 7.16. The molecule has 37 heavy (non-hydrogen) atoms. The van der Waals surface area contributed by atoms with Gasteiger partial charge in [0.2, 0.25) is 5.91 Å². The van der Waals surface area contributed by atoms with E-state index in [2.05, 4.69) is 57.1 Å². The monoisotopic (exact) mass is 516 g/mol. The van der Waals surface area contributed by atoms with E-state index in [-0.39, 0.29) is 42.6 Å². The molecule has 0 aliphatic carbocycles. The Balaban J connectivity index is 1.65. The summed E-state index contributed by atoms with van der Waals surface area (Å²) in [7, 11) is 1.14. The number of amides is 2. The number of nitrogens with one attached hydrogen (secondary N) is 2. The predicted octanol–water partition coefficient (Wildman–Crippen LogP) is 4.84. The van der Waals surface area contributed by atoms with Crippen molar-refractivity contribution in [1.82, 2.24) is 20.2 Å². The maximum atomic E-state index is 13.5. The van der Waals surface area contributed by atoms with Crippen molar-refractivity contribution in [3.8, 4) is 0 Å². The Morgan fingerprint density at radius 3 is 2.70 bits per heavy atom. The van der Waals surface area contributed by atoms with Crippen molar-refractivity contribution < 1.29 is 23.6 Å². The Morgan fingerprint density at radius 1 is 1.38 bits per heavy atom. The molecule has 1 aromatic rings. The Morgan fingerprint density at radius 2 is 2.11 bits per heavy atom. The van der Waals surface area contributed by atoms with Gasteiger partial charge in [-0.15, -0.1) is 0 Å². The molecule has 0 spiro atoms. The van der Waals surface area contributed by atoms with Gasteiger partial charge in [-0.05, 0) is 58.2 Å². The normalized spacial score (nSPS) is 25.2. The number of carbonyl (C=O) groups excluding carboxylic acids is 2. The van der Waals surface area contributed by atoms with Gasteiger partial charge in [-0.25, -0.2) is 9.78 Å². The minimum atomic E-state index is -0.651. The summed E-state index contributed by atoms with van der Waals surface area (Å²) >= 11 is 0. The molecular formula is C27H45BN4O5. The van der Waals surface area contributed by atoms with Crippen LogP contribution in [0.2, 0.25) is 6.32 Å². The summed E-state index contributed by atoms with van der Waals surface area (Å²) in [5.74, 6) is 1.16. The van der Waals surface area contributed by atoms with Crippen LogP contribution in [0, 0.1) is 11.8 Å². The molecule has 0 radical (unpaired) electrons. The Hall–Kier alpha value is -2.33. The van der Waals surface area contributed by atoms with E-state index in [1.807, 2.05) is 24.9 Å². The van der Waals surface area contributed by atoms with Gasteiger partial charge < -0.3 is 29.2 Å². The molecule has 2 saturated heterocycles. The molecule has 2 N–H and O–H groups in total. The Labute approximate surface area is 222 Å². The molecular weight excluding hydrogens is 471 g/mol. The lowest BCUT2D eigenvalue weighted by Gasteiger charge is -2.30. The second kappa shape index (κ2) is 12.5. The number of hydrogen-bond acceptors (Lipinski definition) is 6. The molecule has 3 heterocycles. The number of nitrogens with zero attached hydrogens (tertiary/aromatic N) is 2. The fourth-order valence-corrected chi connectivity index (χ4v) is 5.07. The zero-order valence-electron chi connectivity index (χ0n) is 23.7. The fraction of sp³-hybridized carbons (Fsp3) is 0.741. The number of methoxy groups -OCH3 is 1. The minimum absolute atomic E-state index is 0.0701. The van der Waals surface area contributed by atoms with E-state index >= 15 is 0 Å². The molecule has 5 atom stereocenters. The van der Waals surface area contributed by atoms with Crippen molar-refractivity contribution in [2.45, 2.75) is 104 Å². The molecule has 0 saturated carbocycles. The standard InChI is InChI=1S/C27H45BN4O5/c1-9-20(12-10-11-13-28-36-19(5)27(6,7)37-28)21-15-29-24(30-21)22-14-18(4)16-32(22)25(33)23(17(2)3)31-26(34)35-8/h10,12,15,17-20,22-23H,9,11,13-14,16H2,1-8H3,(H,29,30)(H,31,34)/b12-10-. The molecule has 2 fully saturated rings. The second-order valence-corrected chi connectivity index (χ2v) is 11.4. The Kier molecular flexibility index (Phi) is 9.86. The molecule has 3 rings (SSSR count). The summed E-state index contributed by atoms with van der Waals surface area (Å²) in [6, 6.07) is -0.803. The molecule has 2 aliphatic heterocycles. The van der Waals surface area contributed by atoms with E-state index in [1.165, 1.54) is 7.11 Å². The van der Waals surface area contributed by atoms with Crippen LogP contribution in [0.15, 0.2) is 18.3 Å². The van der Waals surface area contributed by atoms with Crippen LogP contribution >= 0.6 is 0 Å². The number of carbonyl (C=O) groups is 2. The van der Waals surface area contributed by atoms with Crippen LogP contribution in [0.3, 0.4) is 0 Å². The fourth-order valence-electron chi connectivity index (χ4n) is 5.07. The van der Waals surface area contributed by atoms with Crippen LogP contribution in [0.4, 0.5) is 4.79 Å². The topological polar surface area (TPSA) is 106 Å². The van der Waals surface area contributed by atoms with Crippen LogP contribution < -0.4 is 5.32 Å². The van der Waals surface area contributed by atoms with Gasteiger partial charge in [0.1, 0.15) is 11.9 Å². The Bertz CT molecular complexity index is 949. The van der Waals surface area contributed by atoms with E-state index in [4.69, 9.17) is 19.0 Å². The average molecular weight is 516 g/mol. The first-order chi connectivity index (χ1) is 17.5. The number of imidazole rings is 1. The summed E-state index contributed by atoms with van der Waals surface area (Å²) in [6.45, 7) is 14.9. The second-order valence-electron chi connectivity index (χ2n) is 11.4. The van der Waals surface area contributed by atoms with E-state index < -0.39 is 12.1 Å². The van der Waals surface area contributed by atoms with Crippen molar-refractivity contribution in [3.05, 3.63) is 29.9 Å². The van der Waals surface area contributed by atoms with Crippen LogP contribution in [-0.4, -0.2) is 65.4 Å². The number of hydrogen-bond donors (Lipinski definition) is 2. The van der Waals surface area contributed by atoms with Gasteiger partial charge in [-0.2, -0.15) is 0 Å². The number of aromatic amines is 1. The van der Waals surface area contributed by atoms with Crippen molar-refractivity contribution in [2.75, 3.05) is 13.7 Å². The van der Waals surface area contributed by atoms with Gasteiger partial charge in [0.05, 0.1) is 24.9 Å². The zero-order valence-corrected chi connectivity index (χ0v) is 23.7. The molecule has 9 nitrogen and oxygen atoms in total. The number of aromatic nitrogens is 2. The molecule has 0 bridgehead atoms. The van der Waals surface area contributed by atoms with Gasteiger partial charge in [0, 0.05) is 24.4 Å². The van der Waals surface area contributed by atoms with Crippen molar-refractivity contribution in [1.29, 1.82) is 0 Å². The van der Waals surface area contributed by atoms with E-state index in [0.717, 1.165) is 37.1 Å². The van der Waals surface area contributed by atoms with Crippen LogP contribution in [-0.2, 0) is 18.8 Å². The predicted molar refractivity (Wildman–Crippen MR) is 144 cm³/mol. The summed E-state index contributed by atoms with van der Waals surface area (Å²) in [4.78, 5) is 35.4. The first kappa shape index (κ1) is 29.2. The molecule has 1 aromatic heterocycles. The smallest absolute Gasteiger partial charge is 0.453 e. The van der Waals surface area contributed by atoms with Crippen molar-refractivity contribution >= 4 is 19.1 Å². The zero-order chi connectivity index (χ0) is 27.3. The van der Waals surface area contributed by atoms with Gasteiger partial charge in [-0.1, -0.05) is 39.8 Å². The van der Waals surface area contributed by atoms with E-state index in [9.17, 15) is 9.59 Å². The number of rotatable bonds is 10. The van der Waals surface area contributed by atoms with Gasteiger partial charge in [-0.3, -0.25) is 4.79 Å². The summed E-state index contributed by atoms with van der Waals surface area (Å²) in [6.07, 6.45) is 9.24. The summed E-state index contributed by atoms with van der Waals surface area (Å²) in [5, 5.41) is 2.71. The van der Waals surface area contributed by atoms with E-state index in [1.54, 1.807) is 0 Å². The molecule has 2 amide bonds. The highest BCUT2D eigenvalue weighted by Crippen LogP contribution is 2.36. The molecule has 2 aliphatic rings. The number of likely N-dealkylation sites (tertiary alicyclic amines) is 1. The molecule has 10 heteroatoms. The number of ether oxygens (including phenoxy) is 1. The van der Waals surface area contributed by atoms with Gasteiger partial charge >= 0.3 is 13.2 Å². The summed E-state index contributed by atoms with van der Waals surface area (Å²) < 4.78 is 16.7. The number of H-pyrrole nitrogens is 1. The number of allylic oxidation sites excluding steroid dienone is 2. The lowest BCUT2D eigenvalue weighted by molar-refractivity contribution is -0.135. The highest BCUT2D eigenvalue weighted by molar-refractivity contribution is 6.45. The van der Waals surface area contributed by atoms with Crippen LogP contribution in [0.1, 0.15) is 91.2 Å². The van der Waals surface area contributed by atoms with Gasteiger partial charge in [0.25, 0.3) is 0 Å². The highest BCUT2D eigenvalue weighted by atomic mass is 16.7. The highest BCUT2D eigenvalue weighted by Gasteiger charge is 2.42. The molecule has 206 valence electrons. The van der Waals surface area contributed by atoms with Crippen molar-refractivity contribution in [3.63, 3.8) is 0 Å². The third-order valence-electron chi connectivity index (χ3n) is 7.66. The lowest BCUT2D eigenvalue weighted by atomic mass is 9.83. The first-order valence-corrected chi connectivity index (χ1v) is 13.7. The lowest BCUT2D eigenvalue weighted by Crippen LogP contribution is -2.51. The van der Waals surface area contributed by atoms with Gasteiger partial charge in [0.15, 0.2) is 0 Å². The molecule has 5 unspecified atom stereocenters. The van der Waals surface area contributed by atoms with Crippen molar-refractivity contribution in [2.24, 2.45) is 11.8 Å². The first-order valence-electron chi connectivity index (χ1n) is 13.7. The summed E-state index contributed by atoms with van der Waals surface area (Å²) in [5.41, 5.74) is 0.793. The number of alkyl carbamates (subject to hydrolysis) is 1. The SMILES string of the molecule is CCC(/C=C\CCB1OC(C)C(C)(C)O1)c1cnc(C2CC(C)CN2C(=O)C(NC(=O)OC)C(C)C)[nH]1. The minimum Gasteiger partial charge on any atom is -0.453 e. The van der Waals surface area contributed by atoms with Crippen LogP contribution in [0.5, 0.6) is 0 Å². The maximum absolute atomic E-state index is 13.5. The maximum Gasteiger partial charge on any atom is 0.457 e. The third-order valence-corrected chi connectivity index (χ3v) is 7.66. The quantitative estimate of drug-likeness (QED) is 0.341. The van der Waals surface area contributed by atoms with E-state index in [0.29, 0.717) is 12.5 Å². The average Bonchev–Trinajstić information content (AvgIpc) is 3.54. The van der Waals surface area contributed by atoms with Crippen LogP contribution in [0.25, 0.3) is 0 Å². The largest absolute Gasteiger partial charge is 0.457 e.